The molecule has 4 rings (SSSR count). The van der Waals surface area contributed by atoms with Crippen LogP contribution in [0.15, 0.2) is 60.9 Å². The standard InChI is InChI=1S/C24H23NO4/c1-27-20-4-6-23-18(14-20)13-19(15-29-23)22(26)11-16-3-5-21(24(12-16)28-2)17-7-9-25-10-8-17/h3-10,12,14,19H,11,13,15H2,1-2H3. The van der Waals surface area contributed by atoms with Gasteiger partial charge in [0.1, 0.15) is 23.0 Å². The molecule has 0 radical (unpaired) electrons. The maximum Gasteiger partial charge on any atom is 0.144 e. The zero-order valence-electron chi connectivity index (χ0n) is 16.6. The van der Waals surface area contributed by atoms with Gasteiger partial charge >= 0.3 is 0 Å². The molecule has 5 heteroatoms. The number of benzene rings is 2. The van der Waals surface area contributed by atoms with Crippen LogP contribution < -0.4 is 14.2 Å². The number of pyridine rings is 1. The van der Waals surface area contributed by atoms with E-state index in [1.54, 1.807) is 26.6 Å². The van der Waals surface area contributed by atoms with Crippen molar-refractivity contribution in [1.82, 2.24) is 4.98 Å². The molecule has 1 aromatic heterocycles. The number of ketones is 1. The number of hydrogen-bond acceptors (Lipinski definition) is 5. The molecule has 148 valence electrons. The minimum atomic E-state index is -0.166. The van der Waals surface area contributed by atoms with Gasteiger partial charge in [-0.05, 0) is 59.5 Å². The van der Waals surface area contributed by atoms with Crippen molar-refractivity contribution in [1.29, 1.82) is 0 Å². The Bertz CT molecular complexity index is 1020. The number of carbonyl (C=O) groups excluding carboxylic acids is 1. The molecule has 1 aliphatic rings. The highest BCUT2D eigenvalue weighted by atomic mass is 16.5. The van der Waals surface area contributed by atoms with Gasteiger partial charge in [0.25, 0.3) is 0 Å². The number of hydrogen-bond donors (Lipinski definition) is 0. The van der Waals surface area contributed by atoms with E-state index in [9.17, 15) is 4.79 Å². The highest BCUT2D eigenvalue weighted by Crippen LogP contribution is 2.33. The zero-order valence-corrected chi connectivity index (χ0v) is 16.6. The fourth-order valence-electron chi connectivity index (χ4n) is 3.67. The fraction of sp³-hybridized carbons (Fsp3) is 0.250. The number of ether oxygens (including phenoxy) is 3. The average Bonchev–Trinajstić information content (AvgIpc) is 2.78. The fourth-order valence-corrected chi connectivity index (χ4v) is 3.67. The van der Waals surface area contributed by atoms with E-state index in [1.807, 2.05) is 48.5 Å². The van der Waals surface area contributed by atoms with Gasteiger partial charge < -0.3 is 14.2 Å². The number of aromatic nitrogens is 1. The average molecular weight is 389 g/mol. The van der Waals surface area contributed by atoms with Crippen LogP contribution in [0.1, 0.15) is 11.1 Å². The minimum Gasteiger partial charge on any atom is -0.497 e. The molecule has 0 fully saturated rings. The van der Waals surface area contributed by atoms with Crippen LogP contribution in [0.25, 0.3) is 11.1 Å². The molecule has 0 saturated heterocycles. The Labute approximate surface area is 170 Å². The SMILES string of the molecule is COc1ccc2c(c1)CC(C(=O)Cc1ccc(-c3ccncc3)c(OC)c1)CO2. The molecule has 0 amide bonds. The first-order chi connectivity index (χ1) is 14.2. The lowest BCUT2D eigenvalue weighted by Crippen LogP contribution is -2.29. The number of nitrogens with zero attached hydrogens (tertiary/aromatic N) is 1. The monoisotopic (exact) mass is 389 g/mol. The third-order valence-electron chi connectivity index (χ3n) is 5.26. The number of methoxy groups -OCH3 is 2. The van der Waals surface area contributed by atoms with Gasteiger partial charge in [-0.2, -0.15) is 0 Å². The molecular weight excluding hydrogens is 366 g/mol. The molecule has 1 aliphatic heterocycles. The van der Waals surface area contributed by atoms with Crippen LogP contribution in [0, 0.1) is 5.92 Å². The third-order valence-corrected chi connectivity index (χ3v) is 5.26. The van der Waals surface area contributed by atoms with E-state index in [1.165, 1.54) is 0 Å². The van der Waals surface area contributed by atoms with Crippen LogP contribution in [-0.4, -0.2) is 31.6 Å². The van der Waals surface area contributed by atoms with Gasteiger partial charge in [-0.15, -0.1) is 0 Å². The second-order valence-corrected chi connectivity index (χ2v) is 7.10. The van der Waals surface area contributed by atoms with E-state index in [2.05, 4.69) is 4.98 Å². The highest BCUT2D eigenvalue weighted by molar-refractivity contribution is 5.84. The topological polar surface area (TPSA) is 57.7 Å². The highest BCUT2D eigenvalue weighted by Gasteiger charge is 2.26. The minimum absolute atomic E-state index is 0.164. The molecule has 5 nitrogen and oxygen atoms in total. The second kappa shape index (κ2) is 8.35. The molecule has 0 bridgehead atoms. The Kier molecular flexibility index (Phi) is 5.47. The molecule has 0 aliphatic carbocycles. The van der Waals surface area contributed by atoms with Crippen molar-refractivity contribution < 1.29 is 19.0 Å². The Hall–Kier alpha value is -3.34. The van der Waals surface area contributed by atoms with Gasteiger partial charge in [0.05, 0.1) is 26.7 Å². The predicted octanol–water partition coefficient (Wildman–Crippen LogP) is 4.13. The van der Waals surface area contributed by atoms with Crippen molar-refractivity contribution in [2.45, 2.75) is 12.8 Å². The molecule has 3 aromatic rings. The number of Topliss-reactive ketones (excluding diaryl/α,β-unsaturated/α-hetero) is 1. The maximum atomic E-state index is 12.9. The summed E-state index contributed by atoms with van der Waals surface area (Å²) in [6.45, 7) is 0.407. The van der Waals surface area contributed by atoms with Crippen molar-refractivity contribution in [2.75, 3.05) is 20.8 Å². The summed E-state index contributed by atoms with van der Waals surface area (Å²) < 4.78 is 16.7. The van der Waals surface area contributed by atoms with Crippen molar-refractivity contribution in [3.63, 3.8) is 0 Å². The Balaban J connectivity index is 1.50. The van der Waals surface area contributed by atoms with Crippen molar-refractivity contribution in [3.05, 3.63) is 72.1 Å². The van der Waals surface area contributed by atoms with Crippen LogP contribution in [-0.2, 0) is 17.6 Å². The summed E-state index contributed by atoms with van der Waals surface area (Å²) in [7, 11) is 3.28. The lowest BCUT2D eigenvalue weighted by molar-refractivity contribution is -0.123. The summed E-state index contributed by atoms with van der Waals surface area (Å²) in [6, 6.07) is 15.5. The van der Waals surface area contributed by atoms with Gasteiger partial charge in [0, 0.05) is 24.4 Å². The Morgan fingerprint density at radius 3 is 2.66 bits per heavy atom. The van der Waals surface area contributed by atoms with Crippen LogP contribution >= 0.6 is 0 Å². The van der Waals surface area contributed by atoms with Crippen molar-refractivity contribution >= 4 is 5.78 Å². The van der Waals surface area contributed by atoms with E-state index in [0.717, 1.165) is 39.5 Å². The Morgan fingerprint density at radius 2 is 1.90 bits per heavy atom. The summed E-state index contributed by atoms with van der Waals surface area (Å²) in [5.41, 5.74) is 3.95. The summed E-state index contributed by atoms with van der Waals surface area (Å²) in [6.07, 6.45) is 4.52. The molecule has 1 atom stereocenters. The normalized spacial score (nSPS) is 15.2. The van der Waals surface area contributed by atoms with E-state index in [4.69, 9.17) is 14.2 Å². The molecule has 0 saturated carbocycles. The summed E-state index contributed by atoms with van der Waals surface area (Å²) in [5.74, 6) is 2.35. The molecule has 2 aromatic carbocycles. The summed E-state index contributed by atoms with van der Waals surface area (Å²) in [5, 5.41) is 0. The molecule has 0 spiro atoms. The second-order valence-electron chi connectivity index (χ2n) is 7.10. The van der Waals surface area contributed by atoms with Gasteiger partial charge in [0.15, 0.2) is 0 Å². The van der Waals surface area contributed by atoms with E-state index < -0.39 is 0 Å². The molecular formula is C24H23NO4. The Morgan fingerprint density at radius 1 is 1.07 bits per heavy atom. The van der Waals surface area contributed by atoms with E-state index >= 15 is 0 Å². The van der Waals surface area contributed by atoms with Gasteiger partial charge in [-0.25, -0.2) is 0 Å². The molecule has 29 heavy (non-hydrogen) atoms. The lowest BCUT2D eigenvalue weighted by atomic mass is 9.89. The van der Waals surface area contributed by atoms with Crippen LogP contribution in [0.2, 0.25) is 0 Å². The van der Waals surface area contributed by atoms with Crippen LogP contribution in [0.4, 0.5) is 0 Å². The number of fused-ring (bicyclic) bond motifs is 1. The third kappa shape index (κ3) is 4.09. The van der Waals surface area contributed by atoms with Crippen molar-refractivity contribution in [2.24, 2.45) is 5.92 Å². The van der Waals surface area contributed by atoms with E-state index in [-0.39, 0.29) is 11.7 Å². The quantitative estimate of drug-likeness (QED) is 0.634. The first-order valence-electron chi connectivity index (χ1n) is 9.57. The van der Waals surface area contributed by atoms with E-state index in [0.29, 0.717) is 19.4 Å². The smallest absolute Gasteiger partial charge is 0.144 e. The summed E-state index contributed by atoms with van der Waals surface area (Å²) in [4.78, 5) is 17.0. The molecule has 1 unspecified atom stereocenters. The maximum absolute atomic E-state index is 12.9. The van der Waals surface area contributed by atoms with Gasteiger partial charge in [-0.3, -0.25) is 9.78 Å². The van der Waals surface area contributed by atoms with Gasteiger partial charge in [-0.1, -0.05) is 12.1 Å². The number of carbonyl (C=O) groups is 1. The molecule has 2 heterocycles. The number of rotatable bonds is 6. The largest absolute Gasteiger partial charge is 0.497 e. The predicted molar refractivity (Wildman–Crippen MR) is 111 cm³/mol. The van der Waals surface area contributed by atoms with Crippen LogP contribution in [0.5, 0.6) is 17.2 Å². The van der Waals surface area contributed by atoms with Crippen LogP contribution in [0.3, 0.4) is 0 Å². The zero-order chi connectivity index (χ0) is 20.2. The first-order valence-corrected chi connectivity index (χ1v) is 9.57. The lowest BCUT2D eigenvalue weighted by Gasteiger charge is -2.25. The summed E-state index contributed by atoms with van der Waals surface area (Å²) >= 11 is 0. The first kappa shape index (κ1) is 19.0. The van der Waals surface area contributed by atoms with Gasteiger partial charge in [0.2, 0.25) is 0 Å². The van der Waals surface area contributed by atoms with Crippen molar-refractivity contribution in [3.8, 4) is 28.4 Å². The molecule has 0 N–H and O–H groups in total.